The van der Waals surface area contributed by atoms with Gasteiger partial charge in [-0.1, -0.05) is 25.5 Å². The molecule has 0 saturated heterocycles. The van der Waals surface area contributed by atoms with Crippen LogP contribution in [0.15, 0.2) is 12.2 Å². The van der Waals surface area contributed by atoms with E-state index in [0.29, 0.717) is 13.0 Å². The average molecular weight is 186 g/mol. The van der Waals surface area contributed by atoms with Gasteiger partial charge in [-0.15, -0.1) is 0 Å². The Kier molecular flexibility index (Phi) is 7.30. The molecule has 0 aromatic heterocycles. The van der Waals surface area contributed by atoms with Gasteiger partial charge in [0.25, 0.3) is 0 Å². The maximum absolute atomic E-state index is 10.9. The maximum atomic E-state index is 10.9. The molecule has 1 N–H and O–H groups in total. The van der Waals surface area contributed by atoms with Gasteiger partial charge in [0, 0.05) is 6.42 Å². The third kappa shape index (κ3) is 6.34. The molecule has 0 aliphatic carbocycles. The van der Waals surface area contributed by atoms with Crippen LogP contribution in [-0.2, 0) is 9.53 Å². The SMILES string of the molecule is CCC/C=C/C[C@H](O)C(=O)OCC. The van der Waals surface area contributed by atoms with Crippen molar-refractivity contribution >= 4 is 5.97 Å². The molecule has 0 unspecified atom stereocenters. The molecule has 3 nitrogen and oxygen atoms in total. The Balaban J connectivity index is 3.60. The Morgan fingerprint density at radius 3 is 2.69 bits per heavy atom. The molecular formula is C10H18O3. The van der Waals surface area contributed by atoms with Crippen molar-refractivity contribution < 1.29 is 14.6 Å². The highest BCUT2D eigenvalue weighted by molar-refractivity contribution is 5.74. The first-order valence-electron chi connectivity index (χ1n) is 4.72. The monoisotopic (exact) mass is 186 g/mol. The number of allylic oxidation sites excluding steroid dienone is 1. The number of aliphatic hydroxyl groups excluding tert-OH is 1. The van der Waals surface area contributed by atoms with E-state index in [1.807, 2.05) is 12.2 Å². The molecule has 13 heavy (non-hydrogen) atoms. The van der Waals surface area contributed by atoms with Gasteiger partial charge in [-0.2, -0.15) is 0 Å². The van der Waals surface area contributed by atoms with Crippen molar-refractivity contribution in [2.24, 2.45) is 0 Å². The van der Waals surface area contributed by atoms with Gasteiger partial charge in [0.2, 0.25) is 0 Å². The fourth-order valence-corrected chi connectivity index (χ4v) is 0.844. The highest BCUT2D eigenvalue weighted by Crippen LogP contribution is 1.98. The van der Waals surface area contributed by atoms with E-state index >= 15 is 0 Å². The highest BCUT2D eigenvalue weighted by atomic mass is 16.5. The zero-order valence-corrected chi connectivity index (χ0v) is 8.32. The second-order valence-electron chi connectivity index (χ2n) is 2.76. The van der Waals surface area contributed by atoms with Crippen molar-refractivity contribution in [3.8, 4) is 0 Å². The fourth-order valence-electron chi connectivity index (χ4n) is 0.844. The zero-order chi connectivity index (χ0) is 10.1. The number of aliphatic hydroxyl groups is 1. The van der Waals surface area contributed by atoms with Gasteiger partial charge < -0.3 is 9.84 Å². The van der Waals surface area contributed by atoms with Crippen LogP contribution in [-0.4, -0.2) is 23.8 Å². The lowest BCUT2D eigenvalue weighted by atomic mass is 10.2. The number of hydrogen-bond acceptors (Lipinski definition) is 3. The number of carbonyl (C=O) groups excluding carboxylic acids is 1. The number of carbonyl (C=O) groups is 1. The maximum Gasteiger partial charge on any atom is 0.335 e. The lowest BCUT2D eigenvalue weighted by Crippen LogP contribution is -2.22. The summed E-state index contributed by atoms with van der Waals surface area (Å²) in [5, 5.41) is 9.22. The molecule has 0 spiro atoms. The normalized spacial score (nSPS) is 13.2. The summed E-state index contributed by atoms with van der Waals surface area (Å²) in [5.74, 6) is -0.538. The smallest absolute Gasteiger partial charge is 0.335 e. The van der Waals surface area contributed by atoms with Gasteiger partial charge in [0.05, 0.1) is 6.61 Å². The summed E-state index contributed by atoms with van der Waals surface area (Å²) in [6, 6.07) is 0. The molecular weight excluding hydrogens is 168 g/mol. The molecule has 0 aliphatic rings. The second-order valence-corrected chi connectivity index (χ2v) is 2.76. The molecule has 0 aromatic carbocycles. The van der Waals surface area contributed by atoms with Gasteiger partial charge >= 0.3 is 5.97 Å². The largest absolute Gasteiger partial charge is 0.464 e. The lowest BCUT2D eigenvalue weighted by Gasteiger charge is -2.06. The van der Waals surface area contributed by atoms with Gasteiger partial charge in [-0.3, -0.25) is 0 Å². The molecule has 0 bridgehead atoms. The minimum atomic E-state index is -1.01. The van der Waals surface area contributed by atoms with E-state index in [1.165, 1.54) is 0 Å². The molecule has 0 saturated carbocycles. The Labute approximate surface area is 79.4 Å². The Morgan fingerprint density at radius 1 is 1.46 bits per heavy atom. The van der Waals surface area contributed by atoms with E-state index in [1.54, 1.807) is 6.92 Å². The second kappa shape index (κ2) is 7.80. The van der Waals surface area contributed by atoms with Crippen LogP contribution in [0.1, 0.15) is 33.1 Å². The third-order valence-electron chi connectivity index (χ3n) is 1.54. The standard InChI is InChI=1S/C10H18O3/c1-3-5-6-7-8-9(11)10(12)13-4-2/h6-7,9,11H,3-5,8H2,1-2H3/b7-6+/t9-/m0/s1. The van der Waals surface area contributed by atoms with Crippen molar-refractivity contribution in [1.29, 1.82) is 0 Å². The third-order valence-corrected chi connectivity index (χ3v) is 1.54. The van der Waals surface area contributed by atoms with E-state index in [2.05, 4.69) is 11.7 Å². The summed E-state index contributed by atoms with van der Waals surface area (Å²) in [4.78, 5) is 10.9. The van der Waals surface area contributed by atoms with Crippen molar-refractivity contribution in [3.63, 3.8) is 0 Å². The van der Waals surface area contributed by atoms with Crippen LogP contribution in [0.2, 0.25) is 0 Å². The van der Waals surface area contributed by atoms with Crippen LogP contribution in [0.5, 0.6) is 0 Å². The summed E-state index contributed by atoms with van der Waals surface area (Å²) >= 11 is 0. The molecule has 0 radical (unpaired) electrons. The van der Waals surface area contributed by atoms with Crippen LogP contribution < -0.4 is 0 Å². The van der Waals surface area contributed by atoms with Crippen molar-refractivity contribution in [2.45, 2.75) is 39.2 Å². The Bertz CT molecular complexity index is 164. The minimum absolute atomic E-state index is 0.314. The summed E-state index contributed by atoms with van der Waals surface area (Å²) in [7, 11) is 0. The van der Waals surface area contributed by atoms with Crippen LogP contribution >= 0.6 is 0 Å². The summed E-state index contributed by atoms with van der Waals surface area (Å²) in [6.45, 7) is 4.11. The molecule has 0 aromatic rings. The summed E-state index contributed by atoms with van der Waals surface area (Å²) in [5.41, 5.74) is 0. The van der Waals surface area contributed by atoms with E-state index in [9.17, 15) is 9.90 Å². The summed E-state index contributed by atoms with van der Waals surface area (Å²) < 4.78 is 4.64. The van der Waals surface area contributed by atoms with Gasteiger partial charge in [-0.05, 0) is 13.3 Å². The molecule has 1 atom stereocenters. The van der Waals surface area contributed by atoms with E-state index in [-0.39, 0.29) is 0 Å². The van der Waals surface area contributed by atoms with Crippen LogP contribution in [0.3, 0.4) is 0 Å². The lowest BCUT2D eigenvalue weighted by molar-refractivity contribution is -0.152. The topological polar surface area (TPSA) is 46.5 Å². The van der Waals surface area contributed by atoms with Crippen molar-refractivity contribution in [1.82, 2.24) is 0 Å². The van der Waals surface area contributed by atoms with Gasteiger partial charge in [-0.25, -0.2) is 4.79 Å². The van der Waals surface area contributed by atoms with E-state index in [4.69, 9.17) is 0 Å². The van der Waals surface area contributed by atoms with E-state index < -0.39 is 12.1 Å². The molecule has 3 heteroatoms. The van der Waals surface area contributed by atoms with Crippen LogP contribution in [0, 0.1) is 0 Å². The average Bonchev–Trinajstić information content (AvgIpc) is 2.12. The molecule has 0 rings (SSSR count). The first-order valence-corrected chi connectivity index (χ1v) is 4.72. The summed E-state index contributed by atoms with van der Waals surface area (Å²) in [6.07, 6.45) is 5.17. The number of rotatable bonds is 6. The predicted molar refractivity (Wildman–Crippen MR) is 51.3 cm³/mol. The Hall–Kier alpha value is -0.830. The van der Waals surface area contributed by atoms with Crippen molar-refractivity contribution in [2.75, 3.05) is 6.61 Å². The zero-order valence-electron chi connectivity index (χ0n) is 8.32. The minimum Gasteiger partial charge on any atom is -0.464 e. The predicted octanol–water partition coefficient (Wildman–Crippen LogP) is 1.66. The number of unbranched alkanes of at least 4 members (excludes halogenated alkanes) is 1. The quantitative estimate of drug-likeness (QED) is 0.507. The number of hydrogen-bond donors (Lipinski definition) is 1. The number of ether oxygens (including phenoxy) is 1. The fraction of sp³-hybridized carbons (Fsp3) is 0.700. The first kappa shape index (κ1) is 12.2. The molecule has 0 aliphatic heterocycles. The number of esters is 1. The van der Waals surface area contributed by atoms with Crippen molar-refractivity contribution in [3.05, 3.63) is 12.2 Å². The molecule has 0 fully saturated rings. The molecule has 76 valence electrons. The van der Waals surface area contributed by atoms with Crippen LogP contribution in [0.25, 0.3) is 0 Å². The molecule has 0 heterocycles. The highest BCUT2D eigenvalue weighted by Gasteiger charge is 2.13. The van der Waals surface area contributed by atoms with Gasteiger partial charge in [0.1, 0.15) is 0 Å². The molecule has 0 amide bonds. The van der Waals surface area contributed by atoms with E-state index in [0.717, 1.165) is 12.8 Å². The van der Waals surface area contributed by atoms with Gasteiger partial charge in [0.15, 0.2) is 6.10 Å². The van der Waals surface area contributed by atoms with Crippen LogP contribution in [0.4, 0.5) is 0 Å². The first-order chi connectivity index (χ1) is 6.22. The Morgan fingerprint density at radius 2 is 2.15 bits per heavy atom.